The van der Waals surface area contributed by atoms with Gasteiger partial charge in [0.15, 0.2) is 71.1 Å². The molecule has 0 atom stereocenters. The van der Waals surface area contributed by atoms with Crippen LogP contribution in [0.3, 0.4) is 0 Å². The molecule has 0 fully saturated rings. The van der Waals surface area contributed by atoms with Crippen molar-refractivity contribution in [1.82, 2.24) is 89.7 Å². The number of aromatic nitrogens is 24. The van der Waals surface area contributed by atoms with E-state index in [9.17, 15) is 0 Å². The topological polar surface area (TPSA) is 1410 Å². The van der Waals surface area contributed by atoms with Crippen LogP contribution in [0.1, 0.15) is 0 Å². The molecule has 0 amide bonds. The van der Waals surface area contributed by atoms with Crippen molar-refractivity contribution in [3.63, 3.8) is 0 Å². The van der Waals surface area contributed by atoms with Crippen LogP contribution in [0.25, 0.3) is 67.0 Å². The van der Waals surface area contributed by atoms with Gasteiger partial charge in [-0.2, -0.15) is 0 Å². The maximum absolute atomic E-state index is 5.50. The summed E-state index contributed by atoms with van der Waals surface area (Å²) in [5.74, 6) is 2.78. The predicted molar refractivity (Wildman–Crippen MR) is 243 cm³/mol. The Morgan fingerprint density at radius 2 is 0.265 bits per heavy atom. The van der Waals surface area contributed by atoms with E-state index in [1.807, 2.05) is 0 Å². The Hall–Kier alpha value is -5.34. The zero-order chi connectivity index (χ0) is 41.8. The summed E-state index contributed by atoms with van der Waals surface area (Å²) in [5.41, 5.74) is 41.9. The zero-order valence-corrected chi connectivity index (χ0v) is 62.6. The maximum Gasteiger partial charge on any atom is 0.290 e. The van der Waals surface area contributed by atoms with Gasteiger partial charge in [-0.1, -0.05) is 59.8 Å². The van der Waals surface area contributed by atoms with Crippen molar-refractivity contribution >= 4 is 102 Å². The van der Waals surface area contributed by atoms with Crippen molar-refractivity contribution in [2.24, 2.45) is 0 Å². The van der Waals surface area contributed by atoms with E-state index in [1.165, 1.54) is 38.0 Å². The number of fused-ring (bicyclic) bond motifs is 6. The first-order chi connectivity index (χ1) is 29.3. The minimum atomic E-state index is 0. The smallest absolute Gasteiger partial charge is 0.290 e. The predicted octanol–water partition coefficient (Wildman–Crippen LogP) is -10.5. The van der Waals surface area contributed by atoms with Crippen molar-refractivity contribution < 1.29 is 391 Å². The summed E-state index contributed by atoms with van der Waals surface area (Å²) in [6.45, 7) is 0. The molecule has 0 spiro atoms. The fourth-order valence-corrected chi connectivity index (χ4v) is 4.96. The SMILES string of the molecule is Nc1nc[nH+]c2nc[nH]c12.Nc1nc[nH+]c2nc[nH]c12.Nc1nc[nH+]c2nc[nH]c12.Nc1nc[nH+]c2nc[nH]c12.Nc1nc[nH+]c2nc[nH]c12.Nc1nc[nH+]c2nc[nH]c12.O.O.O.O.[O-2].[O-2].[O-2].[O-2].[O-2].[O-2].[O-2].[O-2].[O-2].[O-2].[O-2].[O-2].[O-2].[O-2].[O-2].[O-2].[O-2].[O-2].[O-2].[O-2].[O-2].[O-2].[O-2].[O-2].[O-2].[O-2].[O-2].[O-2].[V].[V].[V].[V].[V].[V].[V].[V].[V].[V]. The van der Waals surface area contributed by atoms with Crippen LogP contribution in [0.4, 0.5) is 34.9 Å². The second kappa shape index (κ2) is 120. The van der Waals surface area contributed by atoms with Crippen molar-refractivity contribution in [1.29, 1.82) is 0 Å². The minimum Gasteiger partial charge on any atom is -2.00 e. The molecule has 62 nitrogen and oxygen atoms in total. The molecule has 0 saturated carbocycles. The van der Waals surface area contributed by atoms with Crippen LogP contribution in [0.2, 0.25) is 0 Å². The first-order valence-corrected chi connectivity index (χ1v) is 17.0. The van der Waals surface area contributed by atoms with E-state index < -0.39 is 0 Å². The van der Waals surface area contributed by atoms with Gasteiger partial charge >= 0.3 is 0 Å². The molecular formula is C30H44N30O32V10-50. The third-order valence-corrected chi connectivity index (χ3v) is 7.80. The molecule has 0 aliphatic rings. The van der Waals surface area contributed by atoms with Crippen LogP contribution >= 0.6 is 0 Å². The molecule has 32 N–H and O–H groups in total. The van der Waals surface area contributed by atoms with E-state index in [0.717, 1.165) is 67.0 Å². The molecule has 606 valence electrons. The largest absolute Gasteiger partial charge is 2.00 e. The van der Waals surface area contributed by atoms with E-state index in [2.05, 4.69) is 120 Å². The summed E-state index contributed by atoms with van der Waals surface area (Å²) in [6.07, 6.45) is 18.5. The number of hydrogen-bond acceptors (Lipinski definition) is 18. The van der Waals surface area contributed by atoms with Crippen molar-refractivity contribution in [2.75, 3.05) is 34.4 Å². The summed E-state index contributed by atoms with van der Waals surface area (Å²) in [6, 6.07) is 0. The summed E-state index contributed by atoms with van der Waals surface area (Å²) >= 11 is 0. The number of hydrogen-bond donors (Lipinski definition) is 12. The molecule has 0 aliphatic carbocycles. The van der Waals surface area contributed by atoms with Gasteiger partial charge in [-0.15, -0.1) is 0 Å². The molecule has 12 heterocycles. The van der Waals surface area contributed by atoms with Crippen molar-refractivity contribution in [3.8, 4) is 0 Å². The second-order valence-electron chi connectivity index (χ2n) is 11.5. The Balaban J connectivity index is -0.0000000139. The van der Waals surface area contributed by atoms with Gasteiger partial charge in [0, 0.05) is 186 Å². The quantitative estimate of drug-likeness (QED) is 0.0671. The Morgan fingerprint density at radius 1 is 0.176 bits per heavy atom. The van der Waals surface area contributed by atoms with E-state index in [-0.39, 0.29) is 361 Å². The van der Waals surface area contributed by atoms with Gasteiger partial charge in [-0.3, -0.25) is 0 Å². The van der Waals surface area contributed by atoms with Crippen molar-refractivity contribution in [3.05, 3.63) is 75.9 Å². The molecule has 0 aromatic carbocycles. The number of nitrogens with zero attached hydrogens (tertiary/aromatic N) is 12. The molecule has 102 heavy (non-hydrogen) atoms. The molecule has 12 aromatic rings. The fraction of sp³-hybridized carbons (Fsp3) is 0. The zero-order valence-electron chi connectivity index (χ0n) is 48.7. The van der Waals surface area contributed by atoms with Crippen LogP contribution < -0.4 is 64.3 Å². The van der Waals surface area contributed by atoms with E-state index in [4.69, 9.17) is 34.4 Å². The third kappa shape index (κ3) is 63.2. The first-order valence-electron chi connectivity index (χ1n) is 17.0. The number of rotatable bonds is 0. The number of H-pyrrole nitrogens is 12. The second-order valence-corrected chi connectivity index (χ2v) is 11.5. The molecule has 0 aliphatic heterocycles. The monoisotopic (exact) mass is 1850 g/mol. The van der Waals surface area contributed by atoms with E-state index in [1.54, 1.807) is 38.0 Å². The average Bonchev–Trinajstić information content (AvgIpc) is 4.11. The molecule has 0 unspecified atom stereocenters. The number of nitrogen functional groups attached to an aromatic ring is 6. The van der Waals surface area contributed by atoms with E-state index >= 15 is 0 Å². The van der Waals surface area contributed by atoms with Crippen LogP contribution in [-0.4, -0.2) is 112 Å². The van der Waals surface area contributed by atoms with Crippen LogP contribution in [-0.2, 0) is 339 Å². The fourth-order valence-electron chi connectivity index (χ4n) is 4.96. The molecule has 12 aromatic heterocycles. The molecule has 10 radical (unpaired) electrons. The Labute approximate surface area is 687 Å². The first kappa shape index (κ1) is 240. The van der Waals surface area contributed by atoms with Gasteiger partial charge < -0.3 is 240 Å². The number of nitrogens with two attached hydrogens (primary N) is 6. The summed E-state index contributed by atoms with van der Waals surface area (Å²) < 4.78 is 0. The van der Waals surface area contributed by atoms with Crippen LogP contribution in [0.5, 0.6) is 0 Å². The van der Waals surface area contributed by atoms with Gasteiger partial charge in [0.2, 0.25) is 72.9 Å². The van der Waals surface area contributed by atoms with Crippen LogP contribution in [0, 0.1) is 0 Å². The number of imidazole rings is 6. The number of aromatic amines is 12. The number of anilines is 6. The normalized spacial score (nSPS) is 6.12. The van der Waals surface area contributed by atoms with Gasteiger partial charge in [-0.25, -0.2) is 29.9 Å². The Morgan fingerprint density at radius 3 is 0.343 bits per heavy atom. The average molecular weight is 1850 g/mol. The molecule has 0 saturated heterocycles. The number of nitrogens with one attached hydrogen (secondary N) is 12. The molecular weight excluding hydrogens is 1800 g/mol. The Bertz CT molecular complexity index is 2800. The standard InChI is InChI=1S/6C5H5N5.4H2O.28O.10V/c6*6-4-3-5(9-1-7-3)10-2-8-4;;;;;;;;;;;;;;;;;;;;;;;;;;;;;;;;;;;;;;;;;;/h6*1-2H,(H3,6,7,8,9,10);4*1H2;;;;;;;;;;;;;;;;;;;;;;;;;;;;;;;;;;;;;;/q;;;;;;;;;;28*-2;;;;;;;;;;/p+6. The molecule has 72 heteroatoms. The Kier molecular flexibility index (Phi) is 282. The van der Waals surface area contributed by atoms with Crippen molar-refractivity contribution in [2.45, 2.75) is 0 Å². The van der Waals surface area contributed by atoms with Gasteiger partial charge in [0.05, 0.1) is 0 Å². The van der Waals surface area contributed by atoms with Gasteiger partial charge in [0.25, 0.3) is 33.9 Å². The van der Waals surface area contributed by atoms with Gasteiger partial charge in [-0.05, 0) is 0 Å². The third-order valence-electron chi connectivity index (χ3n) is 7.80. The summed E-state index contributed by atoms with van der Waals surface area (Å²) in [5, 5.41) is 0. The van der Waals surface area contributed by atoms with Gasteiger partial charge in [0.1, 0.15) is 0 Å². The maximum atomic E-state index is 5.50. The summed E-state index contributed by atoms with van der Waals surface area (Å²) in [4.78, 5) is 80.9. The van der Waals surface area contributed by atoms with E-state index in [0.29, 0.717) is 34.9 Å². The van der Waals surface area contributed by atoms with Crippen LogP contribution in [0.15, 0.2) is 75.9 Å². The molecule has 0 bridgehead atoms. The summed E-state index contributed by atoms with van der Waals surface area (Å²) in [7, 11) is 0. The minimum absolute atomic E-state index is 0. The molecule has 12 rings (SSSR count).